The number of likely N-dealkylation sites (tertiary alicyclic amines) is 1. The number of fused-ring (bicyclic) bond motifs is 1. The molecule has 2 fully saturated rings. The van der Waals surface area contributed by atoms with Crippen LogP contribution in [0.15, 0.2) is 30.5 Å². The molecule has 0 spiro atoms. The molecule has 1 saturated carbocycles. The smallest absolute Gasteiger partial charge is 0.278 e. The minimum atomic E-state index is -0.207. The lowest BCUT2D eigenvalue weighted by Crippen LogP contribution is -2.33. The molecule has 3 atom stereocenters. The quantitative estimate of drug-likeness (QED) is 0.887. The van der Waals surface area contributed by atoms with Gasteiger partial charge in [-0.2, -0.15) is 5.10 Å². The van der Waals surface area contributed by atoms with Gasteiger partial charge >= 0.3 is 0 Å². The first-order valence-electron chi connectivity index (χ1n) is 9.38. The number of hydrogen-bond donors (Lipinski definition) is 2. The van der Waals surface area contributed by atoms with Crippen molar-refractivity contribution in [2.75, 3.05) is 13.1 Å². The Morgan fingerprint density at radius 3 is 2.62 bits per heavy atom. The van der Waals surface area contributed by atoms with Crippen molar-refractivity contribution in [1.29, 1.82) is 0 Å². The van der Waals surface area contributed by atoms with E-state index in [0.29, 0.717) is 30.8 Å². The van der Waals surface area contributed by atoms with Gasteiger partial charge in [-0.05, 0) is 48.3 Å². The van der Waals surface area contributed by atoms with Crippen LogP contribution in [0.4, 0.5) is 0 Å². The molecule has 4 rings (SSSR count). The van der Waals surface area contributed by atoms with Crippen molar-refractivity contribution in [3.05, 3.63) is 41.7 Å². The molecule has 0 bridgehead atoms. The average Bonchev–Trinajstić information content (AvgIpc) is 3.31. The van der Waals surface area contributed by atoms with E-state index in [9.17, 15) is 9.90 Å². The van der Waals surface area contributed by atoms with Gasteiger partial charge in [-0.3, -0.25) is 4.79 Å². The highest BCUT2D eigenvalue weighted by molar-refractivity contribution is 5.95. The number of carbonyl (C=O) groups is 1. The van der Waals surface area contributed by atoms with Crippen LogP contribution in [0.25, 0.3) is 5.69 Å². The van der Waals surface area contributed by atoms with E-state index in [2.05, 4.69) is 18.9 Å². The van der Waals surface area contributed by atoms with Crippen LogP contribution in [0, 0.1) is 11.8 Å². The van der Waals surface area contributed by atoms with E-state index in [0.717, 1.165) is 18.5 Å². The SMILES string of the molecule is CC(C)c1ccc(-n2cc(O)c(C(=O)N3CC4CCC(N)C4C3)n2)cc1. The second-order valence-corrected chi connectivity index (χ2v) is 7.93. The lowest BCUT2D eigenvalue weighted by Gasteiger charge is -2.17. The van der Waals surface area contributed by atoms with Crippen molar-refractivity contribution in [2.45, 2.75) is 38.6 Å². The standard InChI is InChI=1S/C20H26N4O2/c1-12(2)13-3-6-15(7-4-13)24-11-18(25)19(22-24)20(26)23-9-14-5-8-17(21)16(14)10-23/h3-4,6-7,11-12,14,16-17,25H,5,8-10,21H2,1-2H3. The lowest BCUT2D eigenvalue weighted by molar-refractivity contribution is 0.0770. The molecule has 1 aromatic carbocycles. The molecule has 1 saturated heterocycles. The van der Waals surface area contributed by atoms with Gasteiger partial charge in [0.15, 0.2) is 11.4 Å². The number of aromatic nitrogens is 2. The molecule has 6 heteroatoms. The van der Waals surface area contributed by atoms with Crippen LogP contribution < -0.4 is 5.73 Å². The highest BCUT2D eigenvalue weighted by atomic mass is 16.3. The van der Waals surface area contributed by atoms with E-state index < -0.39 is 0 Å². The molecule has 1 amide bonds. The van der Waals surface area contributed by atoms with Gasteiger partial charge < -0.3 is 15.7 Å². The van der Waals surface area contributed by atoms with Gasteiger partial charge in [0.1, 0.15) is 0 Å². The first kappa shape index (κ1) is 17.1. The summed E-state index contributed by atoms with van der Waals surface area (Å²) in [6.07, 6.45) is 3.63. The van der Waals surface area contributed by atoms with Crippen LogP contribution in [0.5, 0.6) is 5.75 Å². The number of carbonyl (C=O) groups excluding carboxylic acids is 1. The Kier molecular flexibility index (Phi) is 4.23. The summed E-state index contributed by atoms with van der Waals surface area (Å²) < 4.78 is 1.56. The molecule has 26 heavy (non-hydrogen) atoms. The summed E-state index contributed by atoms with van der Waals surface area (Å²) in [5.74, 6) is 1.03. The van der Waals surface area contributed by atoms with Crippen molar-refractivity contribution >= 4 is 5.91 Å². The normalized spacial score (nSPS) is 25.1. The van der Waals surface area contributed by atoms with Gasteiger partial charge in [-0.25, -0.2) is 4.68 Å². The largest absolute Gasteiger partial charge is 0.504 e. The second kappa shape index (κ2) is 6.43. The third-order valence-electron chi connectivity index (χ3n) is 5.92. The number of nitrogens with two attached hydrogens (primary N) is 1. The number of benzene rings is 1. The molecular formula is C20H26N4O2. The maximum atomic E-state index is 12.8. The average molecular weight is 354 g/mol. The summed E-state index contributed by atoms with van der Waals surface area (Å²) in [7, 11) is 0. The Balaban J connectivity index is 1.54. The maximum absolute atomic E-state index is 12.8. The van der Waals surface area contributed by atoms with Crippen molar-refractivity contribution in [2.24, 2.45) is 17.6 Å². The molecule has 1 aliphatic heterocycles. The number of hydrogen-bond acceptors (Lipinski definition) is 4. The lowest BCUT2D eigenvalue weighted by atomic mass is 9.98. The third-order valence-corrected chi connectivity index (χ3v) is 5.92. The van der Waals surface area contributed by atoms with Crippen molar-refractivity contribution in [3.63, 3.8) is 0 Å². The summed E-state index contributed by atoms with van der Waals surface area (Å²) in [5.41, 5.74) is 8.33. The van der Waals surface area contributed by atoms with Gasteiger partial charge in [-0.1, -0.05) is 26.0 Å². The Bertz CT molecular complexity index is 812. The molecule has 3 unspecified atom stereocenters. The number of nitrogens with zero attached hydrogens (tertiary/aromatic N) is 3. The minimum absolute atomic E-state index is 0.0794. The van der Waals surface area contributed by atoms with E-state index >= 15 is 0 Å². The van der Waals surface area contributed by atoms with Crippen LogP contribution in [-0.4, -0.2) is 44.8 Å². The Labute approximate surface area is 153 Å². The number of aromatic hydroxyl groups is 1. The van der Waals surface area contributed by atoms with Gasteiger partial charge in [0.2, 0.25) is 0 Å². The highest BCUT2D eigenvalue weighted by Crippen LogP contribution is 2.38. The van der Waals surface area contributed by atoms with Gasteiger partial charge in [-0.15, -0.1) is 0 Å². The summed E-state index contributed by atoms with van der Waals surface area (Å²) >= 11 is 0. The highest BCUT2D eigenvalue weighted by Gasteiger charge is 2.43. The van der Waals surface area contributed by atoms with Crippen LogP contribution >= 0.6 is 0 Å². The molecule has 3 N–H and O–H groups in total. The zero-order valence-corrected chi connectivity index (χ0v) is 15.3. The Hall–Kier alpha value is -2.34. The monoisotopic (exact) mass is 354 g/mol. The molecular weight excluding hydrogens is 328 g/mol. The molecule has 1 aliphatic carbocycles. The maximum Gasteiger partial charge on any atom is 0.278 e. The fourth-order valence-corrected chi connectivity index (χ4v) is 4.28. The zero-order chi connectivity index (χ0) is 18.4. The molecule has 138 valence electrons. The Morgan fingerprint density at radius 1 is 1.23 bits per heavy atom. The molecule has 2 aromatic rings. The number of amides is 1. The molecule has 2 aliphatic rings. The topological polar surface area (TPSA) is 84.4 Å². The van der Waals surface area contributed by atoms with Gasteiger partial charge in [0.05, 0.1) is 11.9 Å². The fourth-order valence-electron chi connectivity index (χ4n) is 4.28. The first-order chi connectivity index (χ1) is 12.4. The summed E-state index contributed by atoms with van der Waals surface area (Å²) in [6.45, 7) is 5.66. The Morgan fingerprint density at radius 2 is 1.96 bits per heavy atom. The third kappa shape index (κ3) is 2.88. The van der Waals surface area contributed by atoms with E-state index in [4.69, 9.17) is 5.73 Å². The van der Waals surface area contributed by atoms with Crippen molar-refractivity contribution in [3.8, 4) is 11.4 Å². The van der Waals surface area contributed by atoms with Gasteiger partial charge in [0.25, 0.3) is 5.91 Å². The summed E-state index contributed by atoms with van der Waals surface area (Å²) in [5, 5.41) is 14.6. The van der Waals surface area contributed by atoms with Gasteiger partial charge in [0, 0.05) is 19.1 Å². The van der Waals surface area contributed by atoms with E-state index in [1.165, 1.54) is 11.8 Å². The van der Waals surface area contributed by atoms with Crippen LogP contribution in [0.2, 0.25) is 0 Å². The van der Waals surface area contributed by atoms with Crippen molar-refractivity contribution in [1.82, 2.24) is 14.7 Å². The summed E-state index contributed by atoms with van der Waals surface area (Å²) in [4.78, 5) is 14.6. The van der Waals surface area contributed by atoms with Crippen molar-refractivity contribution < 1.29 is 9.90 Å². The van der Waals surface area contributed by atoms with E-state index in [1.54, 1.807) is 9.58 Å². The van der Waals surface area contributed by atoms with Crippen LogP contribution in [0.3, 0.4) is 0 Å². The number of rotatable bonds is 3. The predicted octanol–water partition coefficient (Wildman–Crippen LogP) is 2.51. The van der Waals surface area contributed by atoms with E-state index in [-0.39, 0.29) is 23.4 Å². The molecule has 1 aromatic heterocycles. The minimum Gasteiger partial charge on any atom is -0.504 e. The fraction of sp³-hybridized carbons (Fsp3) is 0.500. The predicted molar refractivity (Wildman–Crippen MR) is 99.4 cm³/mol. The van der Waals surface area contributed by atoms with Crippen LogP contribution in [-0.2, 0) is 0 Å². The second-order valence-electron chi connectivity index (χ2n) is 7.93. The summed E-state index contributed by atoms with van der Waals surface area (Å²) in [6, 6.07) is 8.18. The molecule has 6 nitrogen and oxygen atoms in total. The molecule has 0 radical (unpaired) electrons. The van der Waals surface area contributed by atoms with E-state index in [1.807, 2.05) is 24.3 Å². The van der Waals surface area contributed by atoms with Crippen LogP contribution in [0.1, 0.15) is 48.7 Å². The zero-order valence-electron chi connectivity index (χ0n) is 15.3. The molecule has 2 heterocycles. The first-order valence-corrected chi connectivity index (χ1v) is 9.38.